The molecule has 0 bridgehead atoms. The van der Waals surface area contributed by atoms with Crippen LogP contribution in [0.5, 0.6) is 0 Å². The van der Waals surface area contributed by atoms with E-state index in [9.17, 15) is 26.4 Å². The smallest absolute Gasteiger partial charge is 0.350 e. The van der Waals surface area contributed by atoms with Crippen LogP contribution in [0.3, 0.4) is 0 Å². The van der Waals surface area contributed by atoms with Crippen LogP contribution in [0, 0.1) is 0 Å². The molecule has 0 aromatic rings. The van der Waals surface area contributed by atoms with Crippen molar-refractivity contribution in [1.82, 2.24) is 9.77 Å². The van der Waals surface area contributed by atoms with E-state index in [-0.39, 0.29) is 0 Å². The highest BCUT2D eigenvalue weighted by Crippen LogP contribution is 1.85. The minimum absolute atomic E-state index is 0.532. The van der Waals surface area contributed by atoms with Crippen molar-refractivity contribution in [2.45, 2.75) is 0 Å². The first kappa shape index (κ1) is 16.5. The second-order valence-corrected chi connectivity index (χ2v) is 6.31. The summed E-state index contributed by atoms with van der Waals surface area (Å²) < 4.78 is 42.0. The number of rotatable bonds is 6. The summed E-state index contributed by atoms with van der Waals surface area (Å²) >= 11 is 0. The van der Waals surface area contributed by atoms with E-state index in [1.54, 1.807) is 0 Å². The molecular formula is C6H10N2O8S2. The van der Waals surface area contributed by atoms with Gasteiger partial charge in [-0.2, -0.15) is 0 Å². The van der Waals surface area contributed by atoms with Crippen molar-refractivity contribution in [3.05, 3.63) is 12.2 Å². The maximum absolute atomic E-state index is 10.8. The van der Waals surface area contributed by atoms with Gasteiger partial charge in [-0.25, -0.2) is 26.4 Å². The van der Waals surface area contributed by atoms with Gasteiger partial charge in [0.25, 0.3) is 0 Å². The topological polar surface area (TPSA) is 145 Å². The van der Waals surface area contributed by atoms with E-state index in [0.29, 0.717) is 12.2 Å². The molecule has 0 radical (unpaired) electrons. The largest absolute Gasteiger partial charge is 0.352 e. The highest BCUT2D eigenvalue weighted by molar-refractivity contribution is 7.88. The van der Waals surface area contributed by atoms with Crippen molar-refractivity contribution in [2.75, 3.05) is 12.5 Å². The maximum atomic E-state index is 10.8. The van der Waals surface area contributed by atoms with Crippen molar-refractivity contribution in [2.24, 2.45) is 0 Å². The first-order valence-corrected chi connectivity index (χ1v) is 7.81. The van der Waals surface area contributed by atoms with Gasteiger partial charge >= 0.3 is 11.9 Å². The Kier molecular flexibility index (Phi) is 5.90. The summed E-state index contributed by atoms with van der Waals surface area (Å²) in [7, 11) is -7.44. The molecule has 0 aromatic carbocycles. The van der Waals surface area contributed by atoms with Gasteiger partial charge in [-0.15, -0.1) is 0 Å². The lowest BCUT2D eigenvalue weighted by molar-refractivity contribution is -0.143. The first-order valence-electron chi connectivity index (χ1n) is 4.03. The van der Waals surface area contributed by atoms with E-state index >= 15 is 0 Å². The standard InChI is InChI=1S/C6H10N2O8S2/c1-17(11,12)7-15-5(9)3-4-6(10)16-8-18(2,13)14/h3-4,7-8H,1-2H3/b4-3-. The number of hydrogen-bond donors (Lipinski definition) is 2. The Bertz CT molecular complexity index is 496. The molecule has 0 atom stereocenters. The van der Waals surface area contributed by atoms with E-state index < -0.39 is 32.0 Å². The van der Waals surface area contributed by atoms with E-state index in [0.717, 1.165) is 12.5 Å². The monoisotopic (exact) mass is 302 g/mol. The Morgan fingerprint density at radius 1 is 0.833 bits per heavy atom. The normalized spacial score (nSPS) is 12.3. The molecule has 18 heavy (non-hydrogen) atoms. The average molecular weight is 302 g/mol. The fourth-order valence-corrected chi connectivity index (χ4v) is 0.905. The number of carbonyl (C=O) groups is 2. The van der Waals surface area contributed by atoms with Gasteiger partial charge in [0.2, 0.25) is 20.0 Å². The fourth-order valence-electron chi connectivity index (χ4n) is 0.438. The quantitative estimate of drug-likeness (QED) is 0.406. The SMILES string of the molecule is CS(=O)(=O)NOC(=O)/C=C\C(=O)ONS(C)(=O)=O. The van der Waals surface area contributed by atoms with E-state index in [1.807, 2.05) is 0 Å². The van der Waals surface area contributed by atoms with Crippen LogP contribution in [-0.4, -0.2) is 41.3 Å². The van der Waals surface area contributed by atoms with Crippen LogP contribution in [0.2, 0.25) is 0 Å². The van der Waals surface area contributed by atoms with Gasteiger partial charge in [-0.1, -0.05) is 0 Å². The Hall–Kier alpha value is -1.50. The zero-order chi connectivity index (χ0) is 14.4. The van der Waals surface area contributed by atoms with Gasteiger partial charge in [0.1, 0.15) is 0 Å². The summed E-state index contributed by atoms with van der Waals surface area (Å²) in [4.78, 5) is 32.4. The van der Waals surface area contributed by atoms with Crippen molar-refractivity contribution in [3.63, 3.8) is 0 Å². The zero-order valence-electron chi connectivity index (χ0n) is 9.24. The molecule has 0 amide bonds. The molecule has 0 unspecified atom stereocenters. The van der Waals surface area contributed by atoms with Crippen LogP contribution in [0.25, 0.3) is 0 Å². The lowest BCUT2D eigenvalue weighted by Gasteiger charge is -2.00. The third-order valence-electron chi connectivity index (χ3n) is 0.943. The Morgan fingerprint density at radius 2 is 1.11 bits per heavy atom. The highest BCUT2D eigenvalue weighted by Gasteiger charge is 2.07. The first-order chi connectivity index (χ1) is 7.99. The number of hydrogen-bond acceptors (Lipinski definition) is 8. The number of sulfonamides is 2. The third kappa shape index (κ3) is 11.0. The molecule has 10 nitrogen and oxygen atoms in total. The summed E-state index contributed by atoms with van der Waals surface area (Å²) in [6.07, 6.45) is 2.55. The minimum Gasteiger partial charge on any atom is -0.352 e. The highest BCUT2D eigenvalue weighted by atomic mass is 32.2. The molecule has 0 saturated carbocycles. The van der Waals surface area contributed by atoms with Gasteiger partial charge in [0, 0.05) is 12.2 Å². The van der Waals surface area contributed by atoms with Crippen LogP contribution in [-0.2, 0) is 39.3 Å². The molecule has 104 valence electrons. The van der Waals surface area contributed by atoms with Crippen LogP contribution < -0.4 is 9.77 Å². The maximum Gasteiger partial charge on any atom is 0.350 e. The fraction of sp³-hybridized carbons (Fsp3) is 0.333. The van der Waals surface area contributed by atoms with Crippen molar-refractivity contribution in [1.29, 1.82) is 0 Å². The molecule has 0 rings (SSSR count). The average Bonchev–Trinajstić information content (AvgIpc) is 2.18. The predicted molar refractivity (Wildman–Crippen MR) is 57.3 cm³/mol. The summed E-state index contributed by atoms with van der Waals surface area (Å²) in [5, 5.41) is 0. The molecule has 12 heteroatoms. The molecule has 0 heterocycles. The van der Waals surface area contributed by atoms with Gasteiger partial charge in [-0.05, 0) is 9.77 Å². The van der Waals surface area contributed by atoms with E-state index in [4.69, 9.17) is 0 Å². The zero-order valence-corrected chi connectivity index (χ0v) is 10.9. The second kappa shape index (κ2) is 6.44. The lowest BCUT2D eigenvalue weighted by Crippen LogP contribution is -2.26. The number of carbonyl (C=O) groups excluding carboxylic acids is 2. The van der Waals surface area contributed by atoms with Crippen molar-refractivity contribution in [3.8, 4) is 0 Å². The third-order valence-corrected chi connectivity index (χ3v) is 1.71. The summed E-state index contributed by atoms with van der Waals surface area (Å²) in [5.74, 6) is -2.39. The van der Waals surface area contributed by atoms with Crippen LogP contribution in [0.4, 0.5) is 0 Å². The molecule has 0 aliphatic heterocycles. The number of nitrogens with one attached hydrogen (secondary N) is 2. The Morgan fingerprint density at radius 3 is 1.33 bits per heavy atom. The molecular weight excluding hydrogens is 292 g/mol. The van der Waals surface area contributed by atoms with E-state index in [1.165, 1.54) is 9.77 Å². The lowest BCUT2D eigenvalue weighted by atomic mass is 10.5. The van der Waals surface area contributed by atoms with Gasteiger partial charge in [-0.3, -0.25) is 0 Å². The Balaban J connectivity index is 4.15. The Labute approximate surface area is 103 Å². The molecule has 0 aliphatic rings. The predicted octanol–water partition coefficient (Wildman–Crippen LogP) is -2.44. The van der Waals surface area contributed by atoms with Crippen LogP contribution in [0.15, 0.2) is 12.2 Å². The molecule has 2 N–H and O–H groups in total. The van der Waals surface area contributed by atoms with Gasteiger partial charge in [0.15, 0.2) is 0 Å². The summed E-state index contributed by atoms with van der Waals surface area (Å²) in [6.45, 7) is 0. The second-order valence-electron chi connectivity index (χ2n) is 2.89. The summed E-state index contributed by atoms with van der Waals surface area (Å²) in [6, 6.07) is 0. The van der Waals surface area contributed by atoms with Gasteiger partial charge < -0.3 is 9.68 Å². The molecule has 0 saturated heterocycles. The van der Waals surface area contributed by atoms with Crippen LogP contribution >= 0.6 is 0 Å². The molecule has 0 aromatic heterocycles. The molecule has 0 spiro atoms. The minimum atomic E-state index is -3.72. The van der Waals surface area contributed by atoms with Crippen LogP contribution in [0.1, 0.15) is 0 Å². The van der Waals surface area contributed by atoms with E-state index in [2.05, 4.69) is 9.68 Å². The summed E-state index contributed by atoms with van der Waals surface area (Å²) in [5.41, 5.74) is 0. The van der Waals surface area contributed by atoms with Crippen molar-refractivity contribution >= 4 is 32.0 Å². The molecule has 0 fully saturated rings. The van der Waals surface area contributed by atoms with Gasteiger partial charge in [0.05, 0.1) is 12.5 Å². The van der Waals surface area contributed by atoms with Crippen molar-refractivity contribution < 1.29 is 36.1 Å². The molecule has 0 aliphatic carbocycles.